The smallest absolute Gasteiger partial charge is 0.332 e. The Morgan fingerprint density at radius 1 is 1.15 bits per heavy atom. The lowest BCUT2D eigenvalue weighted by atomic mass is 10.2. The van der Waals surface area contributed by atoms with Gasteiger partial charge in [0.1, 0.15) is 0 Å². The second kappa shape index (κ2) is 6.75. The molecule has 0 aliphatic carbocycles. The van der Waals surface area contributed by atoms with Crippen LogP contribution in [0.15, 0.2) is 9.59 Å². The van der Waals surface area contributed by atoms with Crippen molar-refractivity contribution in [2.24, 2.45) is 7.05 Å². The Labute approximate surface area is 151 Å². The van der Waals surface area contributed by atoms with Crippen molar-refractivity contribution in [2.45, 2.75) is 53.6 Å². The number of imidazole rings is 2. The summed E-state index contributed by atoms with van der Waals surface area (Å²) in [6.07, 6.45) is 0.950. The maximum absolute atomic E-state index is 13.1. The number of hydrogen-bond donors (Lipinski definition) is 0. The summed E-state index contributed by atoms with van der Waals surface area (Å²) in [7, 11) is 1.66. The molecule has 0 saturated heterocycles. The highest BCUT2D eigenvalue weighted by atomic mass is 16.5. The molecular formula is C18H27N5O3. The minimum atomic E-state index is -0.368. The summed E-state index contributed by atoms with van der Waals surface area (Å²) in [6.45, 7) is 11.3. The van der Waals surface area contributed by atoms with E-state index < -0.39 is 0 Å². The molecule has 0 fully saturated rings. The molecule has 142 valence electrons. The quantitative estimate of drug-likeness (QED) is 0.627. The summed E-state index contributed by atoms with van der Waals surface area (Å²) >= 11 is 0. The summed E-state index contributed by atoms with van der Waals surface area (Å²) in [5, 5.41) is 0. The van der Waals surface area contributed by atoms with Gasteiger partial charge in [-0.05, 0) is 34.1 Å². The lowest BCUT2D eigenvalue weighted by molar-refractivity contribution is 0.137. The van der Waals surface area contributed by atoms with Gasteiger partial charge in [-0.3, -0.25) is 18.3 Å². The van der Waals surface area contributed by atoms with Crippen LogP contribution in [0.25, 0.3) is 16.9 Å². The average molecular weight is 361 g/mol. The molecule has 8 nitrogen and oxygen atoms in total. The highest BCUT2D eigenvalue weighted by Crippen LogP contribution is 2.25. The molecule has 0 radical (unpaired) electrons. The third-order valence-electron chi connectivity index (χ3n) is 5.26. The average Bonchev–Trinajstić information content (AvgIpc) is 3.12. The van der Waals surface area contributed by atoms with Crippen molar-refractivity contribution in [2.75, 3.05) is 13.2 Å². The molecule has 0 bridgehead atoms. The molecule has 3 aromatic rings. The Hall–Kier alpha value is -2.35. The summed E-state index contributed by atoms with van der Waals surface area (Å²) in [5.74, 6) is 0.707. The monoisotopic (exact) mass is 361 g/mol. The van der Waals surface area contributed by atoms with Gasteiger partial charge in [0.15, 0.2) is 11.2 Å². The van der Waals surface area contributed by atoms with Gasteiger partial charge in [0.2, 0.25) is 5.78 Å². The molecule has 3 heterocycles. The third-order valence-corrected chi connectivity index (χ3v) is 5.26. The van der Waals surface area contributed by atoms with E-state index in [1.807, 2.05) is 25.2 Å². The summed E-state index contributed by atoms with van der Waals surface area (Å²) in [5.41, 5.74) is 2.23. The van der Waals surface area contributed by atoms with Crippen LogP contribution in [-0.4, -0.2) is 36.3 Å². The van der Waals surface area contributed by atoms with Crippen LogP contribution >= 0.6 is 0 Å². The van der Waals surface area contributed by atoms with E-state index in [1.54, 1.807) is 7.05 Å². The first-order valence-corrected chi connectivity index (χ1v) is 9.12. The topological polar surface area (TPSA) is 75.5 Å². The van der Waals surface area contributed by atoms with Gasteiger partial charge in [-0.15, -0.1) is 0 Å². The van der Waals surface area contributed by atoms with Gasteiger partial charge >= 0.3 is 5.69 Å². The van der Waals surface area contributed by atoms with Crippen molar-refractivity contribution in [1.29, 1.82) is 0 Å². The largest absolute Gasteiger partial charge is 0.380 e. The zero-order valence-electron chi connectivity index (χ0n) is 16.4. The maximum Gasteiger partial charge on any atom is 0.332 e. The maximum atomic E-state index is 13.1. The molecule has 0 N–H and O–H groups in total. The molecule has 0 unspecified atom stereocenters. The molecule has 3 rings (SSSR count). The molecule has 0 aliphatic rings. The first kappa shape index (κ1) is 18.4. The van der Waals surface area contributed by atoms with Crippen LogP contribution in [0.2, 0.25) is 0 Å². The van der Waals surface area contributed by atoms with E-state index in [2.05, 4.69) is 23.4 Å². The summed E-state index contributed by atoms with van der Waals surface area (Å²) in [6, 6.07) is 0.250. The molecule has 0 aromatic carbocycles. The predicted octanol–water partition coefficient (Wildman–Crippen LogP) is 1.77. The van der Waals surface area contributed by atoms with E-state index >= 15 is 0 Å². The molecule has 1 atom stereocenters. The van der Waals surface area contributed by atoms with Crippen molar-refractivity contribution in [3.8, 4) is 0 Å². The van der Waals surface area contributed by atoms with Gasteiger partial charge in [0, 0.05) is 31.1 Å². The van der Waals surface area contributed by atoms with Crippen LogP contribution < -0.4 is 11.2 Å². The fraction of sp³-hybridized carbons (Fsp3) is 0.611. The minimum Gasteiger partial charge on any atom is -0.380 e. The molecule has 0 saturated carbocycles. The van der Waals surface area contributed by atoms with Gasteiger partial charge in [-0.1, -0.05) is 6.92 Å². The molecule has 0 spiro atoms. The van der Waals surface area contributed by atoms with Crippen molar-refractivity contribution < 1.29 is 4.74 Å². The van der Waals surface area contributed by atoms with Crippen molar-refractivity contribution in [3.63, 3.8) is 0 Å². The number of aromatic nitrogens is 5. The van der Waals surface area contributed by atoms with Crippen LogP contribution in [0.5, 0.6) is 0 Å². The Morgan fingerprint density at radius 3 is 2.46 bits per heavy atom. The molecule has 8 heteroatoms. The van der Waals surface area contributed by atoms with Gasteiger partial charge < -0.3 is 9.30 Å². The summed E-state index contributed by atoms with van der Waals surface area (Å²) < 4.78 is 12.0. The third kappa shape index (κ3) is 2.51. The standard InChI is InChI=1S/C18H27N5O3/c1-7-11(3)22-12(4)13(5)23-14-15(19-17(22)23)20(6)18(25)21(16(14)24)9-10-26-8-2/h11H,7-10H2,1-6H3/t11-/m1/s1. The lowest BCUT2D eigenvalue weighted by Gasteiger charge is -2.13. The zero-order valence-corrected chi connectivity index (χ0v) is 16.4. The van der Waals surface area contributed by atoms with Gasteiger partial charge in [0.05, 0.1) is 13.2 Å². The van der Waals surface area contributed by atoms with E-state index in [0.717, 1.165) is 17.8 Å². The Kier molecular flexibility index (Phi) is 4.79. The number of ether oxygens (including phenoxy) is 1. The highest BCUT2D eigenvalue weighted by molar-refractivity contribution is 5.76. The fourth-order valence-electron chi connectivity index (χ4n) is 3.48. The van der Waals surface area contributed by atoms with E-state index in [4.69, 9.17) is 4.74 Å². The van der Waals surface area contributed by atoms with Crippen molar-refractivity contribution in [1.82, 2.24) is 23.1 Å². The fourth-order valence-corrected chi connectivity index (χ4v) is 3.48. The van der Waals surface area contributed by atoms with Gasteiger partial charge in [-0.25, -0.2) is 4.79 Å². The Bertz CT molecular complexity index is 1080. The van der Waals surface area contributed by atoms with Crippen LogP contribution in [0.3, 0.4) is 0 Å². The molecule has 26 heavy (non-hydrogen) atoms. The lowest BCUT2D eigenvalue weighted by Crippen LogP contribution is -2.40. The zero-order chi connectivity index (χ0) is 19.2. The summed E-state index contributed by atoms with van der Waals surface area (Å²) in [4.78, 5) is 30.4. The highest BCUT2D eigenvalue weighted by Gasteiger charge is 2.23. The molecule has 0 aliphatic heterocycles. The van der Waals surface area contributed by atoms with Gasteiger partial charge in [-0.2, -0.15) is 4.98 Å². The van der Waals surface area contributed by atoms with Crippen molar-refractivity contribution >= 4 is 16.9 Å². The Morgan fingerprint density at radius 2 is 1.85 bits per heavy atom. The van der Waals surface area contributed by atoms with E-state index in [-0.39, 0.29) is 23.8 Å². The number of fused-ring (bicyclic) bond motifs is 3. The van der Waals surface area contributed by atoms with Crippen LogP contribution in [0, 0.1) is 13.8 Å². The van der Waals surface area contributed by atoms with E-state index in [9.17, 15) is 9.59 Å². The number of aryl methyl sites for hydroxylation is 2. The number of hydrogen-bond acceptors (Lipinski definition) is 4. The van der Waals surface area contributed by atoms with Crippen LogP contribution in [-0.2, 0) is 18.3 Å². The van der Waals surface area contributed by atoms with Crippen molar-refractivity contribution in [3.05, 3.63) is 32.2 Å². The van der Waals surface area contributed by atoms with Gasteiger partial charge in [0.25, 0.3) is 5.56 Å². The molecule has 0 amide bonds. The minimum absolute atomic E-state index is 0.229. The van der Waals surface area contributed by atoms with E-state index in [0.29, 0.717) is 30.2 Å². The van der Waals surface area contributed by atoms with E-state index in [1.165, 1.54) is 9.13 Å². The predicted molar refractivity (Wildman–Crippen MR) is 101 cm³/mol. The second-order valence-electron chi connectivity index (χ2n) is 6.71. The van der Waals surface area contributed by atoms with Crippen LogP contribution in [0.1, 0.15) is 44.6 Å². The normalized spacial score (nSPS) is 13.2. The number of rotatable bonds is 6. The van der Waals surface area contributed by atoms with Crippen LogP contribution in [0.4, 0.5) is 0 Å². The Balaban J connectivity index is 2.40. The SMILES string of the molecule is CCOCCn1c(=O)c2c(nc3n([C@H](C)CC)c(C)c(C)n23)n(C)c1=O. The molecule has 3 aromatic heterocycles. The first-order chi connectivity index (χ1) is 12.3. The first-order valence-electron chi connectivity index (χ1n) is 9.12. The molecular weight excluding hydrogens is 334 g/mol. The second-order valence-corrected chi connectivity index (χ2v) is 6.71. The number of nitrogens with zero attached hydrogens (tertiary/aromatic N) is 5.